The van der Waals surface area contributed by atoms with Crippen LogP contribution in [-0.2, 0) is 15.0 Å². The van der Waals surface area contributed by atoms with Gasteiger partial charge in [0.05, 0.1) is 18.6 Å². The highest BCUT2D eigenvalue weighted by molar-refractivity contribution is 6.07. The number of rotatable bonds is 6. The lowest BCUT2D eigenvalue weighted by Crippen LogP contribution is -2.52. The number of amides is 3. The van der Waals surface area contributed by atoms with Crippen LogP contribution >= 0.6 is 0 Å². The number of methoxy groups -OCH3 is 1. The molecule has 0 radical (unpaired) electrons. The summed E-state index contributed by atoms with van der Waals surface area (Å²) >= 11 is 0. The predicted octanol–water partition coefficient (Wildman–Crippen LogP) is 2.59. The number of nitrogens with zero attached hydrogens (tertiary/aromatic N) is 4. The number of ether oxygens (including phenoxy) is 1. The molecule has 1 spiro atoms. The topological polar surface area (TPSA) is 116 Å². The number of pyridine rings is 1. The molecule has 1 aromatic carbocycles. The van der Waals surface area contributed by atoms with Gasteiger partial charge >= 0.3 is 0 Å². The number of likely N-dealkylation sites (N-methyl/N-ethyl adjacent to an activating group) is 1. The van der Waals surface area contributed by atoms with Crippen molar-refractivity contribution >= 4 is 23.4 Å². The molecule has 4 rings (SSSR count). The Bertz CT molecular complexity index is 1210. The van der Waals surface area contributed by atoms with Crippen LogP contribution in [0.3, 0.4) is 0 Å². The number of hydrogen-bond donors (Lipinski definition) is 1. The molecule has 35 heavy (non-hydrogen) atoms. The smallest absolute Gasteiger partial charge is 0.273 e. The molecule has 1 saturated heterocycles. The number of nitriles is 1. The van der Waals surface area contributed by atoms with E-state index >= 15 is 0 Å². The van der Waals surface area contributed by atoms with E-state index in [0.717, 1.165) is 5.56 Å². The van der Waals surface area contributed by atoms with E-state index in [1.165, 1.54) is 29.2 Å². The zero-order chi connectivity index (χ0) is 25.3. The van der Waals surface area contributed by atoms with Gasteiger partial charge in [-0.25, -0.2) is 0 Å². The molecule has 182 valence electrons. The van der Waals surface area contributed by atoms with E-state index < -0.39 is 23.4 Å². The van der Waals surface area contributed by atoms with E-state index in [2.05, 4.69) is 16.4 Å². The number of carbonyl (C=O) groups excluding carboxylic acids is 3. The van der Waals surface area contributed by atoms with Crippen molar-refractivity contribution in [2.45, 2.75) is 44.2 Å². The normalized spacial score (nSPS) is 21.4. The lowest BCUT2D eigenvalue weighted by molar-refractivity contribution is -0.136. The van der Waals surface area contributed by atoms with Gasteiger partial charge in [-0.15, -0.1) is 0 Å². The first-order valence-corrected chi connectivity index (χ1v) is 11.6. The third-order valence-electron chi connectivity index (χ3n) is 6.87. The van der Waals surface area contributed by atoms with Gasteiger partial charge in [-0.1, -0.05) is 32.0 Å². The summed E-state index contributed by atoms with van der Waals surface area (Å²) in [6.07, 6.45) is 2.09. The molecule has 3 amide bonds. The number of likely N-dealkylation sites (tertiary alicyclic amines) is 1. The minimum absolute atomic E-state index is 0.0843. The van der Waals surface area contributed by atoms with E-state index in [9.17, 15) is 19.6 Å². The molecule has 3 atom stereocenters. The highest BCUT2D eigenvalue weighted by atomic mass is 16.5. The van der Waals surface area contributed by atoms with Crippen molar-refractivity contribution in [2.75, 3.05) is 26.0 Å². The number of nitrogens with one attached hydrogen (secondary N) is 1. The first kappa shape index (κ1) is 24.2. The summed E-state index contributed by atoms with van der Waals surface area (Å²) in [5, 5.41) is 12.8. The van der Waals surface area contributed by atoms with E-state index in [4.69, 9.17) is 4.74 Å². The number of benzene rings is 1. The fourth-order valence-electron chi connectivity index (χ4n) is 5.03. The van der Waals surface area contributed by atoms with Crippen molar-refractivity contribution in [3.63, 3.8) is 0 Å². The second-order valence-electron chi connectivity index (χ2n) is 9.54. The van der Waals surface area contributed by atoms with E-state index in [0.29, 0.717) is 17.9 Å². The van der Waals surface area contributed by atoms with E-state index in [1.54, 1.807) is 13.1 Å². The Kier molecular flexibility index (Phi) is 6.48. The maximum absolute atomic E-state index is 13.9. The number of aromatic nitrogens is 1. The van der Waals surface area contributed by atoms with Gasteiger partial charge in [-0.2, -0.15) is 5.26 Å². The number of carbonyl (C=O) groups is 3. The molecule has 1 N–H and O–H groups in total. The average Bonchev–Trinajstić information content (AvgIpc) is 3.39. The lowest BCUT2D eigenvalue weighted by atomic mass is 9.80. The molecular formula is C26H29N5O4. The molecule has 3 heterocycles. The van der Waals surface area contributed by atoms with Gasteiger partial charge in [0.25, 0.3) is 5.91 Å². The number of para-hydroxylation sites is 1. The zero-order valence-corrected chi connectivity index (χ0v) is 20.3. The van der Waals surface area contributed by atoms with Crippen molar-refractivity contribution in [1.29, 1.82) is 5.26 Å². The van der Waals surface area contributed by atoms with Gasteiger partial charge in [0, 0.05) is 38.0 Å². The van der Waals surface area contributed by atoms with Crippen LogP contribution in [0.1, 0.15) is 42.7 Å². The van der Waals surface area contributed by atoms with Gasteiger partial charge in [0.2, 0.25) is 11.8 Å². The minimum atomic E-state index is -0.980. The molecule has 2 aliphatic rings. The first-order valence-electron chi connectivity index (χ1n) is 11.6. The summed E-state index contributed by atoms with van der Waals surface area (Å²) in [4.78, 5) is 47.3. The van der Waals surface area contributed by atoms with Gasteiger partial charge in [-0.05, 0) is 30.0 Å². The summed E-state index contributed by atoms with van der Waals surface area (Å²) in [6, 6.07) is 11.1. The molecule has 2 aromatic rings. The third-order valence-corrected chi connectivity index (χ3v) is 6.87. The quantitative estimate of drug-likeness (QED) is 0.687. The first-order chi connectivity index (χ1) is 16.7. The third kappa shape index (κ3) is 4.20. The molecule has 0 unspecified atom stereocenters. The Morgan fingerprint density at radius 1 is 1.34 bits per heavy atom. The van der Waals surface area contributed by atoms with Crippen molar-refractivity contribution < 1.29 is 19.1 Å². The number of hydrogen-bond acceptors (Lipinski definition) is 6. The van der Waals surface area contributed by atoms with Gasteiger partial charge in [-0.3, -0.25) is 19.4 Å². The van der Waals surface area contributed by atoms with Crippen molar-refractivity contribution in [1.82, 2.24) is 14.8 Å². The maximum atomic E-state index is 13.9. The molecule has 0 bridgehead atoms. The highest BCUT2D eigenvalue weighted by Gasteiger charge is 2.56. The van der Waals surface area contributed by atoms with Crippen molar-refractivity contribution in [3.8, 4) is 11.8 Å². The Hall–Kier alpha value is -3.93. The van der Waals surface area contributed by atoms with Crippen LogP contribution < -0.4 is 10.1 Å². The van der Waals surface area contributed by atoms with Crippen LogP contribution in [-0.4, -0.2) is 65.3 Å². The fraction of sp³-hybridized carbons (Fsp3) is 0.423. The van der Waals surface area contributed by atoms with Crippen molar-refractivity contribution in [2.24, 2.45) is 5.92 Å². The lowest BCUT2D eigenvalue weighted by Gasteiger charge is -2.33. The molecule has 0 aliphatic carbocycles. The molecule has 1 fully saturated rings. The van der Waals surface area contributed by atoms with Gasteiger partial charge < -0.3 is 19.9 Å². The predicted molar refractivity (Wildman–Crippen MR) is 129 cm³/mol. The minimum Gasteiger partial charge on any atom is -0.497 e. The second-order valence-corrected chi connectivity index (χ2v) is 9.54. The fourth-order valence-corrected chi connectivity index (χ4v) is 5.03. The molecule has 9 heteroatoms. The second kappa shape index (κ2) is 9.37. The van der Waals surface area contributed by atoms with Crippen LogP contribution in [0.2, 0.25) is 0 Å². The summed E-state index contributed by atoms with van der Waals surface area (Å²) in [6.45, 7) is 4.02. The van der Waals surface area contributed by atoms with Crippen LogP contribution in [0.5, 0.6) is 5.75 Å². The Labute approximate surface area is 204 Å². The summed E-state index contributed by atoms with van der Waals surface area (Å²) in [5.41, 5.74) is 0.684. The SMILES string of the molecule is COc1ccnc(C(=O)N(C)[C@@H](CC(C)C)C(=O)N2C[C@]3(C[C@H]2C#N)C(=O)Nc2ccccc23)c1. The van der Waals surface area contributed by atoms with Crippen LogP contribution in [0.4, 0.5) is 5.69 Å². The Balaban J connectivity index is 1.65. The summed E-state index contributed by atoms with van der Waals surface area (Å²) in [5.74, 6) is -0.391. The largest absolute Gasteiger partial charge is 0.497 e. The van der Waals surface area contributed by atoms with Crippen LogP contribution in [0, 0.1) is 17.2 Å². The zero-order valence-electron chi connectivity index (χ0n) is 20.3. The standard InChI is InChI=1S/C26H29N5O4/c1-16(2)11-22(30(3)23(32)21-12-18(35-4)9-10-28-21)24(33)31-15-26(13-17(31)14-27)19-7-5-6-8-20(19)29-25(26)34/h5-10,12,16-17,22H,11,13,15H2,1-4H3,(H,29,34)/t17-,22-,26-/m0/s1. The number of fused-ring (bicyclic) bond motifs is 2. The molecule has 1 aromatic heterocycles. The number of anilines is 1. The summed E-state index contributed by atoms with van der Waals surface area (Å²) < 4.78 is 5.20. The molecule has 0 saturated carbocycles. The van der Waals surface area contributed by atoms with E-state index in [-0.39, 0.29) is 36.4 Å². The molecule has 9 nitrogen and oxygen atoms in total. The van der Waals surface area contributed by atoms with Crippen molar-refractivity contribution in [3.05, 3.63) is 53.9 Å². The molecular weight excluding hydrogens is 446 g/mol. The monoisotopic (exact) mass is 475 g/mol. The van der Waals surface area contributed by atoms with Crippen LogP contribution in [0.25, 0.3) is 0 Å². The average molecular weight is 476 g/mol. The van der Waals surface area contributed by atoms with Gasteiger partial charge in [0.15, 0.2) is 0 Å². The Morgan fingerprint density at radius 3 is 2.77 bits per heavy atom. The Morgan fingerprint density at radius 2 is 2.09 bits per heavy atom. The van der Waals surface area contributed by atoms with Gasteiger partial charge in [0.1, 0.15) is 23.5 Å². The maximum Gasteiger partial charge on any atom is 0.273 e. The summed E-state index contributed by atoms with van der Waals surface area (Å²) in [7, 11) is 3.07. The highest BCUT2D eigenvalue weighted by Crippen LogP contribution is 2.46. The van der Waals surface area contributed by atoms with Crippen LogP contribution in [0.15, 0.2) is 42.6 Å². The molecule has 2 aliphatic heterocycles. The van der Waals surface area contributed by atoms with E-state index in [1.807, 2.05) is 38.1 Å².